The van der Waals surface area contributed by atoms with Gasteiger partial charge in [-0.3, -0.25) is 24.1 Å². The fourth-order valence-corrected chi connectivity index (χ4v) is 6.76. The minimum Gasteiger partial charge on any atom is -0.481 e. The minimum absolute atomic E-state index is 0.0560. The minimum atomic E-state index is -0.916. The number of amides is 3. The topological polar surface area (TPSA) is 167 Å². The molecule has 1 saturated heterocycles. The zero-order valence-corrected chi connectivity index (χ0v) is 29.5. The van der Waals surface area contributed by atoms with Gasteiger partial charge in [-0.15, -0.1) is 11.3 Å². The molecule has 1 aliphatic heterocycles. The van der Waals surface area contributed by atoms with E-state index in [2.05, 4.69) is 25.8 Å². The Hall–Kier alpha value is -3.35. The van der Waals surface area contributed by atoms with Gasteiger partial charge in [-0.1, -0.05) is 77.8 Å². The van der Waals surface area contributed by atoms with E-state index >= 15 is 0 Å². The van der Waals surface area contributed by atoms with Crippen molar-refractivity contribution in [1.29, 1.82) is 0 Å². The van der Waals surface area contributed by atoms with E-state index in [-0.39, 0.29) is 53.8 Å². The van der Waals surface area contributed by atoms with Crippen molar-refractivity contribution in [1.82, 2.24) is 25.8 Å². The Kier molecular flexibility index (Phi) is 14.8. The predicted octanol–water partition coefficient (Wildman–Crippen LogP) is 4.14. The van der Waals surface area contributed by atoms with Crippen LogP contribution in [-0.4, -0.2) is 76.4 Å². The number of carbonyl (C=O) groups excluding carboxylic acids is 3. The zero-order valence-electron chi connectivity index (χ0n) is 28.7. The first-order valence-electron chi connectivity index (χ1n) is 16.9. The lowest BCUT2D eigenvalue weighted by molar-refractivity contribution is -0.141. The number of benzene rings is 1. The predicted molar refractivity (Wildman–Crippen MR) is 185 cm³/mol. The van der Waals surface area contributed by atoms with Gasteiger partial charge in [0.25, 0.3) is 5.91 Å². The molecule has 1 aromatic heterocycles. The van der Waals surface area contributed by atoms with E-state index in [1.54, 1.807) is 12.3 Å². The first kappa shape index (κ1) is 38.1. The average molecular weight is 671 g/mol. The Bertz CT molecular complexity index is 1320. The highest BCUT2D eigenvalue weighted by atomic mass is 32.1. The highest BCUT2D eigenvalue weighted by Gasteiger charge is 2.33. The molecule has 0 unspecified atom stereocenters. The van der Waals surface area contributed by atoms with Crippen molar-refractivity contribution in [2.24, 2.45) is 23.5 Å². The van der Waals surface area contributed by atoms with Crippen molar-refractivity contribution >= 4 is 35.0 Å². The molecule has 0 saturated carbocycles. The van der Waals surface area contributed by atoms with Gasteiger partial charge >= 0.3 is 5.97 Å². The van der Waals surface area contributed by atoms with E-state index in [0.29, 0.717) is 17.8 Å². The number of likely N-dealkylation sites (tertiary alicyclic amines) is 1. The van der Waals surface area contributed by atoms with E-state index in [9.17, 15) is 24.3 Å². The number of hydrogen-bond acceptors (Lipinski definition) is 8. The maximum atomic E-state index is 13.6. The van der Waals surface area contributed by atoms with Crippen molar-refractivity contribution in [3.05, 3.63) is 52.0 Å². The van der Waals surface area contributed by atoms with E-state index in [0.717, 1.165) is 37.8 Å². The van der Waals surface area contributed by atoms with Crippen molar-refractivity contribution in [2.75, 3.05) is 13.6 Å². The summed E-state index contributed by atoms with van der Waals surface area (Å²) in [6.45, 7) is 10.5. The maximum Gasteiger partial charge on any atom is 0.306 e. The van der Waals surface area contributed by atoms with E-state index < -0.39 is 30.0 Å². The van der Waals surface area contributed by atoms with Gasteiger partial charge in [0.2, 0.25) is 11.8 Å². The molecule has 0 radical (unpaired) electrons. The number of carbonyl (C=O) groups is 4. The lowest BCUT2D eigenvalue weighted by Gasteiger charge is -2.34. The Morgan fingerprint density at radius 2 is 1.74 bits per heavy atom. The molecule has 1 fully saturated rings. The van der Waals surface area contributed by atoms with Gasteiger partial charge in [0.15, 0.2) is 0 Å². The van der Waals surface area contributed by atoms with Gasteiger partial charge in [0, 0.05) is 17.5 Å². The molecule has 1 aromatic carbocycles. The number of piperidine rings is 1. The number of nitrogens with one attached hydrogen (secondary N) is 3. The third-order valence-electron chi connectivity index (χ3n) is 9.30. The fraction of sp³-hybridized carbons (Fsp3) is 0.629. The van der Waals surface area contributed by atoms with Crippen LogP contribution in [0, 0.1) is 17.8 Å². The van der Waals surface area contributed by atoms with E-state index in [1.807, 2.05) is 65.1 Å². The molecule has 0 spiro atoms. The number of carboxylic acids is 1. The number of carboxylic acid groups (broad SMARTS) is 1. The summed E-state index contributed by atoms with van der Waals surface area (Å²) in [7, 11) is 1.95. The van der Waals surface area contributed by atoms with Gasteiger partial charge < -0.3 is 26.8 Å². The smallest absolute Gasteiger partial charge is 0.306 e. The van der Waals surface area contributed by atoms with Gasteiger partial charge in [0.1, 0.15) is 16.7 Å². The Labute approximate surface area is 283 Å². The highest BCUT2D eigenvalue weighted by molar-refractivity contribution is 7.09. The third kappa shape index (κ3) is 11.4. The van der Waals surface area contributed by atoms with Gasteiger partial charge in [-0.05, 0) is 63.1 Å². The summed E-state index contributed by atoms with van der Waals surface area (Å²) in [6.07, 6.45) is 4.74. The Morgan fingerprint density at radius 1 is 1.04 bits per heavy atom. The molecule has 1 aliphatic rings. The molecule has 0 bridgehead atoms. The lowest BCUT2D eigenvalue weighted by Crippen LogP contribution is -2.57. The Balaban J connectivity index is 1.66. The first-order chi connectivity index (χ1) is 22.3. The molecule has 0 aliphatic carbocycles. The number of aromatic nitrogens is 1. The molecule has 2 aromatic rings. The number of aliphatic carboxylic acids is 1. The quantitative estimate of drug-likeness (QED) is 0.167. The third-order valence-corrected chi connectivity index (χ3v) is 10.3. The molecule has 11 nitrogen and oxygen atoms in total. The largest absolute Gasteiger partial charge is 0.481 e. The van der Waals surface area contributed by atoms with Crippen molar-refractivity contribution in [3.8, 4) is 0 Å². The average Bonchev–Trinajstić information content (AvgIpc) is 3.54. The summed E-state index contributed by atoms with van der Waals surface area (Å²) in [4.78, 5) is 58.2. The van der Waals surface area contributed by atoms with Gasteiger partial charge in [-0.2, -0.15) is 0 Å². The van der Waals surface area contributed by atoms with Crippen molar-refractivity contribution in [2.45, 2.75) is 110 Å². The van der Waals surface area contributed by atoms with E-state index in [4.69, 9.17) is 5.73 Å². The number of hydrogen-bond donors (Lipinski definition) is 5. The SMILES string of the molecule is CC[C@H](C)[C@H](NC(=O)[C@H]1CCCCN1C)C(=O)N[C@H](C[C@@H](N)c1nc(C(=O)N[C@@H](Cc2ccccc2)C[C@H](C)C(=O)O)cs1)C(C)C. The number of likely N-dealkylation sites (N-methyl/N-ethyl adjacent to an activating group) is 1. The van der Waals surface area contributed by atoms with Crippen LogP contribution in [-0.2, 0) is 20.8 Å². The fourth-order valence-electron chi connectivity index (χ4n) is 5.94. The van der Waals surface area contributed by atoms with E-state index in [1.165, 1.54) is 11.3 Å². The van der Waals surface area contributed by atoms with Crippen LogP contribution >= 0.6 is 11.3 Å². The number of thiazole rings is 1. The summed E-state index contributed by atoms with van der Waals surface area (Å²) in [5.41, 5.74) is 7.82. The molecule has 3 amide bonds. The molecular weight excluding hydrogens is 616 g/mol. The standard InChI is InChI=1S/C35H54N6O5S/c1-7-22(4)30(40-32(43)29-15-11-12-16-41(29)6)33(44)38-27(21(2)3)19-26(36)34-39-28(20-47-34)31(42)37-25(17-23(5)35(45)46)18-24-13-9-8-10-14-24/h8-10,13-14,20-23,25-27,29-30H,7,11-12,15-19,36H2,1-6H3,(H,37,42)(H,38,44)(H,40,43)(H,45,46)/t22-,23-,25+,26+,27+,29+,30-/m0/s1. The first-order valence-corrected chi connectivity index (χ1v) is 17.8. The normalized spacial score (nSPS) is 19.2. The zero-order chi connectivity index (χ0) is 34.7. The summed E-state index contributed by atoms with van der Waals surface area (Å²) < 4.78 is 0. The lowest BCUT2D eigenvalue weighted by atomic mass is 9.93. The van der Waals surface area contributed by atoms with Crippen molar-refractivity contribution in [3.63, 3.8) is 0 Å². The van der Waals surface area contributed by atoms with Crippen LogP contribution in [0.5, 0.6) is 0 Å². The monoisotopic (exact) mass is 670 g/mol. The number of rotatable bonds is 17. The number of nitrogens with two attached hydrogens (primary N) is 1. The second-order valence-corrected chi connectivity index (χ2v) is 14.4. The Morgan fingerprint density at radius 3 is 2.36 bits per heavy atom. The van der Waals surface area contributed by atoms with Crippen LogP contribution in [0.4, 0.5) is 0 Å². The molecule has 6 N–H and O–H groups in total. The number of nitrogens with zero attached hydrogens (tertiary/aromatic N) is 2. The molecule has 12 heteroatoms. The molecule has 47 heavy (non-hydrogen) atoms. The van der Waals surface area contributed by atoms with Crippen LogP contribution in [0.15, 0.2) is 35.7 Å². The second kappa shape index (κ2) is 18.3. The summed E-state index contributed by atoms with van der Waals surface area (Å²) in [5, 5.41) is 20.9. The summed E-state index contributed by atoms with van der Waals surface area (Å²) in [6, 6.07) is 7.51. The molecule has 3 rings (SSSR count). The highest BCUT2D eigenvalue weighted by Crippen LogP contribution is 2.24. The summed E-state index contributed by atoms with van der Waals surface area (Å²) in [5.74, 6) is -2.27. The van der Waals surface area contributed by atoms with Crippen LogP contribution in [0.3, 0.4) is 0 Å². The molecule has 260 valence electrons. The van der Waals surface area contributed by atoms with Crippen LogP contribution < -0.4 is 21.7 Å². The maximum absolute atomic E-state index is 13.6. The van der Waals surface area contributed by atoms with Crippen LogP contribution in [0.25, 0.3) is 0 Å². The van der Waals surface area contributed by atoms with Crippen LogP contribution in [0.2, 0.25) is 0 Å². The van der Waals surface area contributed by atoms with Crippen molar-refractivity contribution < 1.29 is 24.3 Å². The van der Waals surface area contributed by atoms with Gasteiger partial charge in [0.05, 0.1) is 18.0 Å². The van der Waals surface area contributed by atoms with Gasteiger partial charge in [-0.25, -0.2) is 4.98 Å². The van der Waals surface area contributed by atoms with Crippen LogP contribution in [0.1, 0.15) is 100 Å². The molecule has 2 heterocycles. The summed E-state index contributed by atoms with van der Waals surface area (Å²) >= 11 is 1.28. The molecular formula is C35H54N6O5S. The molecule has 7 atom stereocenters. The second-order valence-electron chi connectivity index (χ2n) is 13.5.